The number of carbonyl (C=O) groups is 2. The van der Waals surface area contributed by atoms with Crippen molar-refractivity contribution < 1.29 is 19.1 Å². The van der Waals surface area contributed by atoms with Crippen LogP contribution in [0.5, 0.6) is 11.5 Å². The van der Waals surface area contributed by atoms with E-state index in [1.54, 1.807) is 24.3 Å². The van der Waals surface area contributed by atoms with E-state index in [0.29, 0.717) is 22.1 Å². The molecule has 0 spiro atoms. The normalized spacial score (nSPS) is 15.8. The van der Waals surface area contributed by atoms with Gasteiger partial charge in [-0.05, 0) is 48.2 Å². The lowest BCUT2D eigenvalue weighted by atomic mass is 9.94. The lowest BCUT2D eigenvalue weighted by Crippen LogP contribution is -2.47. The minimum absolute atomic E-state index is 0.0834. The van der Waals surface area contributed by atoms with Gasteiger partial charge in [0.2, 0.25) is 12.7 Å². The summed E-state index contributed by atoms with van der Waals surface area (Å²) >= 11 is 6.15. The molecule has 1 aliphatic carbocycles. The predicted molar refractivity (Wildman–Crippen MR) is 134 cm³/mol. The molecule has 2 amide bonds. The van der Waals surface area contributed by atoms with Crippen molar-refractivity contribution in [2.75, 3.05) is 6.79 Å². The van der Waals surface area contributed by atoms with Gasteiger partial charge in [-0.15, -0.1) is 0 Å². The molecule has 5 rings (SSSR count). The Morgan fingerprint density at radius 3 is 2.56 bits per heavy atom. The number of halogens is 1. The second-order valence-electron chi connectivity index (χ2n) is 9.01. The third-order valence-corrected chi connectivity index (χ3v) is 6.78. The van der Waals surface area contributed by atoms with E-state index in [-0.39, 0.29) is 31.0 Å². The van der Waals surface area contributed by atoms with Gasteiger partial charge in [0.15, 0.2) is 11.5 Å². The Bertz CT molecular complexity index is 1220. The van der Waals surface area contributed by atoms with Crippen molar-refractivity contribution >= 4 is 23.4 Å². The average Bonchev–Trinajstić information content (AvgIpc) is 3.38. The van der Waals surface area contributed by atoms with Crippen molar-refractivity contribution in [3.63, 3.8) is 0 Å². The highest BCUT2D eigenvalue weighted by molar-refractivity contribution is 6.30. The molecule has 1 unspecified atom stereocenters. The van der Waals surface area contributed by atoms with Gasteiger partial charge in [-0.25, -0.2) is 4.98 Å². The highest BCUT2D eigenvalue weighted by atomic mass is 35.5. The molecule has 1 aromatic heterocycles. The second-order valence-corrected chi connectivity index (χ2v) is 9.45. The molecule has 1 aliphatic heterocycles. The van der Waals surface area contributed by atoms with E-state index in [2.05, 4.69) is 15.3 Å². The van der Waals surface area contributed by atoms with E-state index in [1.807, 2.05) is 18.2 Å². The number of fused-ring (bicyclic) bond motifs is 1. The van der Waals surface area contributed by atoms with Crippen LogP contribution in [0.3, 0.4) is 0 Å². The summed E-state index contributed by atoms with van der Waals surface area (Å²) in [5.41, 5.74) is 1.61. The van der Waals surface area contributed by atoms with Crippen LogP contribution in [-0.4, -0.2) is 39.5 Å². The summed E-state index contributed by atoms with van der Waals surface area (Å²) in [6.45, 7) is 0.301. The van der Waals surface area contributed by atoms with E-state index >= 15 is 0 Å². The molecule has 9 heteroatoms. The molecule has 2 heterocycles. The quantitative estimate of drug-likeness (QED) is 0.499. The van der Waals surface area contributed by atoms with Crippen molar-refractivity contribution in [3.05, 3.63) is 82.9 Å². The van der Waals surface area contributed by atoms with E-state index < -0.39 is 11.9 Å². The highest BCUT2D eigenvalue weighted by Crippen LogP contribution is 2.34. The molecule has 1 fully saturated rings. The van der Waals surface area contributed by atoms with Crippen LogP contribution in [0.25, 0.3) is 0 Å². The van der Waals surface area contributed by atoms with Crippen LogP contribution >= 0.6 is 11.6 Å². The predicted octanol–water partition coefficient (Wildman–Crippen LogP) is 4.69. The smallest absolute Gasteiger partial charge is 0.275 e. The van der Waals surface area contributed by atoms with E-state index in [0.717, 1.165) is 31.2 Å². The summed E-state index contributed by atoms with van der Waals surface area (Å²) in [5, 5.41) is 3.75. The fourth-order valence-electron chi connectivity index (χ4n) is 4.72. The number of amides is 2. The molecule has 3 aromatic rings. The first-order chi connectivity index (χ1) is 17.6. The first-order valence-electron chi connectivity index (χ1n) is 12.1. The fraction of sp³-hybridized carbons (Fsp3) is 0.333. The number of ether oxygens (including phenoxy) is 2. The topological polar surface area (TPSA) is 93.7 Å². The lowest BCUT2D eigenvalue weighted by molar-refractivity contribution is -0.127. The van der Waals surface area contributed by atoms with Crippen LogP contribution in [-0.2, 0) is 11.3 Å². The van der Waals surface area contributed by atoms with Gasteiger partial charge in [-0.1, -0.05) is 49.1 Å². The average molecular weight is 507 g/mol. The van der Waals surface area contributed by atoms with Gasteiger partial charge in [-0.3, -0.25) is 14.6 Å². The van der Waals surface area contributed by atoms with Gasteiger partial charge in [0.1, 0.15) is 11.7 Å². The summed E-state index contributed by atoms with van der Waals surface area (Å²) in [5.74, 6) is 0.616. The molecule has 1 saturated carbocycles. The zero-order valence-corrected chi connectivity index (χ0v) is 20.5. The molecule has 0 saturated heterocycles. The molecule has 36 heavy (non-hydrogen) atoms. The maximum Gasteiger partial charge on any atom is 0.275 e. The molecule has 2 aromatic carbocycles. The lowest BCUT2D eigenvalue weighted by Gasteiger charge is -2.33. The number of hydrogen-bond acceptors (Lipinski definition) is 6. The molecule has 0 bridgehead atoms. The van der Waals surface area contributed by atoms with Crippen LogP contribution in [0.4, 0.5) is 0 Å². The van der Waals surface area contributed by atoms with Crippen molar-refractivity contribution in [1.82, 2.24) is 20.2 Å². The molecule has 8 nitrogen and oxygen atoms in total. The van der Waals surface area contributed by atoms with Crippen LogP contribution < -0.4 is 14.8 Å². The molecule has 1 N–H and O–H groups in total. The molecular formula is C27H27ClN4O4. The first-order valence-corrected chi connectivity index (χ1v) is 12.5. The number of carbonyl (C=O) groups excluding carboxylic acids is 2. The van der Waals surface area contributed by atoms with Gasteiger partial charge in [0.25, 0.3) is 5.91 Å². The Morgan fingerprint density at radius 2 is 1.81 bits per heavy atom. The van der Waals surface area contributed by atoms with E-state index in [9.17, 15) is 9.59 Å². The van der Waals surface area contributed by atoms with E-state index in [4.69, 9.17) is 21.1 Å². The summed E-state index contributed by atoms with van der Waals surface area (Å²) in [6.07, 6.45) is 9.57. The Morgan fingerprint density at radius 1 is 1.03 bits per heavy atom. The summed E-state index contributed by atoms with van der Waals surface area (Å²) in [6, 6.07) is 11.7. The fourth-order valence-corrected chi connectivity index (χ4v) is 4.84. The third kappa shape index (κ3) is 5.44. The number of rotatable bonds is 7. The molecule has 2 aliphatic rings. The number of aromatic nitrogens is 2. The van der Waals surface area contributed by atoms with Crippen molar-refractivity contribution in [1.29, 1.82) is 0 Å². The van der Waals surface area contributed by atoms with Gasteiger partial charge in [-0.2, -0.15) is 0 Å². The summed E-state index contributed by atoms with van der Waals surface area (Å²) in [4.78, 5) is 37.5. The van der Waals surface area contributed by atoms with Crippen molar-refractivity contribution in [2.24, 2.45) is 0 Å². The maximum absolute atomic E-state index is 13.8. The Hall–Kier alpha value is -3.65. The SMILES string of the molecule is O=C(NC1CCCCC1)C(c1ccc(Cl)cc1)N(Cc1ccc2c(c1)OCO2)C(=O)c1cnccn1. The second kappa shape index (κ2) is 11.0. The standard InChI is InChI=1S/C27H27ClN4O4/c28-20-9-7-19(8-10-20)25(26(33)31-21-4-2-1-3-5-21)32(27(34)22-15-29-12-13-30-22)16-18-6-11-23-24(14-18)36-17-35-23/h6-15,21,25H,1-5,16-17H2,(H,31,33). The number of nitrogens with one attached hydrogen (secondary N) is 1. The zero-order valence-electron chi connectivity index (χ0n) is 19.7. The minimum atomic E-state index is -0.899. The Labute approximate surface area is 214 Å². The van der Waals surface area contributed by atoms with Crippen molar-refractivity contribution in [2.45, 2.75) is 50.7 Å². The summed E-state index contributed by atoms with van der Waals surface area (Å²) < 4.78 is 11.0. The molecule has 186 valence electrons. The maximum atomic E-state index is 13.8. The molecular weight excluding hydrogens is 480 g/mol. The number of nitrogens with zero attached hydrogens (tertiary/aromatic N) is 3. The number of benzene rings is 2. The first kappa shape index (κ1) is 24.1. The summed E-state index contributed by atoms with van der Waals surface area (Å²) in [7, 11) is 0. The van der Waals surface area contributed by atoms with Gasteiger partial charge in [0.05, 0.1) is 6.20 Å². The van der Waals surface area contributed by atoms with Crippen LogP contribution in [0.15, 0.2) is 61.1 Å². The monoisotopic (exact) mass is 506 g/mol. The molecule has 0 radical (unpaired) electrons. The van der Waals surface area contributed by atoms with Crippen LogP contribution in [0, 0.1) is 0 Å². The van der Waals surface area contributed by atoms with Gasteiger partial charge < -0.3 is 19.7 Å². The largest absolute Gasteiger partial charge is 0.454 e. The highest BCUT2D eigenvalue weighted by Gasteiger charge is 2.34. The molecule has 1 atom stereocenters. The zero-order chi connectivity index (χ0) is 24.9. The van der Waals surface area contributed by atoms with E-state index in [1.165, 1.54) is 29.9 Å². The number of hydrogen-bond donors (Lipinski definition) is 1. The Balaban J connectivity index is 1.53. The van der Waals surface area contributed by atoms with Crippen LogP contribution in [0.1, 0.15) is 59.8 Å². The van der Waals surface area contributed by atoms with Crippen molar-refractivity contribution in [3.8, 4) is 11.5 Å². The van der Waals surface area contributed by atoms with Gasteiger partial charge >= 0.3 is 0 Å². The van der Waals surface area contributed by atoms with Gasteiger partial charge in [0, 0.05) is 30.0 Å². The minimum Gasteiger partial charge on any atom is -0.454 e. The third-order valence-electron chi connectivity index (χ3n) is 6.53. The Kier molecular flexibility index (Phi) is 7.32. The van der Waals surface area contributed by atoms with Crippen LogP contribution in [0.2, 0.25) is 5.02 Å².